The molecule has 0 aliphatic carbocycles. The summed E-state index contributed by atoms with van der Waals surface area (Å²) in [5.74, 6) is 0. The lowest BCUT2D eigenvalue weighted by molar-refractivity contribution is 0.669. The number of anilines is 3. The van der Waals surface area contributed by atoms with Crippen molar-refractivity contribution >= 4 is 70.5 Å². The van der Waals surface area contributed by atoms with Gasteiger partial charge in [-0.15, -0.1) is 11.3 Å². The van der Waals surface area contributed by atoms with Gasteiger partial charge in [0.1, 0.15) is 11.2 Å². The molecule has 51 heavy (non-hydrogen) atoms. The van der Waals surface area contributed by atoms with E-state index < -0.39 is 0 Å². The molecule has 0 spiro atoms. The van der Waals surface area contributed by atoms with Gasteiger partial charge >= 0.3 is 0 Å². The first-order valence-corrected chi connectivity index (χ1v) is 18.1. The fraction of sp³-hybridized carbons (Fsp3) is 0. The van der Waals surface area contributed by atoms with E-state index in [1.165, 1.54) is 31.3 Å². The van der Waals surface area contributed by atoms with Crippen molar-refractivity contribution in [1.29, 1.82) is 0 Å². The average molecular weight is 670 g/mol. The number of hydrogen-bond acceptors (Lipinski definition) is 3. The Morgan fingerprint density at radius 3 is 1.55 bits per heavy atom. The van der Waals surface area contributed by atoms with E-state index in [1.54, 1.807) is 0 Å². The maximum Gasteiger partial charge on any atom is 0.137 e. The molecule has 8 aromatic carbocycles. The molecule has 2 aromatic heterocycles. The zero-order valence-corrected chi connectivity index (χ0v) is 28.5. The Labute approximate surface area is 300 Å². The van der Waals surface area contributed by atoms with Crippen LogP contribution in [0.5, 0.6) is 0 Å². The van der Waals surface area contributed by atoms with Gasteiger partial charge in [-0.3, -0.25) is 0 Å². The maximum atomic E-state index is 6.51. The second-order valence-electron chi connectivity index (χ2n) is 12.9. The summed E-state index contributed by atoms with van der Waals surface area (Å²) in [5, 5.41) is 4.80. The second kappa shape index (κ2) is 12.2. The summed E-state index contributed by atoms with van der Waals surface area (Å²) < 4.78 is 9.06. The Morgan fingerprint density at radius 2 is 0.863 bits per heavy atom. The third-order valence-corrected chi connectivity index (χ3v) is 11.0. The highest BCUT2D eigenvalue weighted by atomic mass is 32.1. The lowest BCUT2D eigenvalue weighted by Crippen LogP contribution is -2.13. The summed E-state index contributed by atoms with van der Waals surface area (Å²) in [6.45, 7) is 0. The van der Waals surface area contributed by atoms with Crippen LogP contribution >= 0.6 is 11.3 Å². The molecule has 0 aliphatic heterocycles. The first kappa shape index (κ1) is 29.5. The molecule has 0 saturated carbocycles. The van der Waals surface area contributed by atoms with Crippen LogP contribution in [-0.2, 0) is 0 Å². The highest BCUT2D eigenvalue weighted by molar-refractivity contribution is 7.25. The van der Waals surface area contributed by atoms with Gasteiger partial charge in [0.05, 0.1) is 5.69 Å². The van der Waals surface area contributed by atoms with Crippen molar-refractivity contribution in [3.05, 3.63) is 188 Å². The van der Waals surface area contributed by atoms with Crippen molar-refractivity contribution in [2.75, 3.05) is 4.90 Å². The molecule has 0 aliphatic rings. The predicted molar refractivity (Wildman–Crippen MR) is 218 cm³/mol. The minimum atomic E-state index is 0.866. The minimum absolute atomic E-state index is 0.866. The van der Waals surface area contributed by atoms with Crippen LogP contribution in [0.4, 0.5) is 17.1 Å². The molecule has 10 rings (SSSR count). The van der Waals surface area contributed by atoms with Gasteiger partial charge in [-0.2, -0.15) is 0 Å². The quantitative estimate of drug-likeness (QED) is 0.175. The molecule has 0 atom stereocenters. The zero-order valence-electron chi connectivity index (χ0n) is 27.7. The molecule has 0 N–H and O–H groups in total. The van der Waals surface area contributed by atoms with Crippen LogP contribution in [0.25, 0.3) is 75.5 Å². The van der Waals surface area contributed by atoms with E-state index in [9.17, 15) is 0 Å². The smallest absolute Gasteiger partial charge is 0.137 e. The Hall–Kier alpha value is -6.42. The summed E-state index contributed by atoms with van der Waals surface area (Å²) in [6.07, 6.45) is 0. The third-order valence-electron chi connectivity index (χ3n) is 9.85. The summed E-state index contributed by atoms with van der Waals surface area (Å²) in [4.78, 5) is 2.44. The minimum Gasteiger partial charge on any atom is -0.456 e. The molecule has 0 amide bonds. The normalized spacial score (nSPS) is 11.5. The Kier molecular flexibility index (Phi) is 7.04. The van der Waals surface area contributed by atoms with Gasteiger partial charge in [0.25, 0.3) is 0 Å². The Morgan fingerprint density at radius 1 is 0.353 bits per heavy atom. The van der Waals surface area contributed by atoms with Gasteiger partial charge < -0.3 is 9.32 Å². The number of benzene rings is 8. The number of hydrogen-bond donors (Lipinski definition) is 0. The molecule has 240 valence electrons. The molecule has 0 bridgehead atoms. The van der Waals surface area contributed by atoms with E-state index in [0.29, 0.717) is 0 Å². The molecular weight excluding hydrogens is 639 g/mol. The summed E-state index contributed by atoms with van der Waals surface area (Å²) in [6, 6.07) is 67.6. The van der Waals surface area contributed by atoms with Gasteiger partial charge in [0.15, 0.2) is 0 Å². The number of fused-ring (bicyclic) bond motifs is 6. The second-order valence-corrected chi connectivity index (χ2v) is 14.0. The molecule has 0 fully saturated rings. The first-order valence-electron chi connectivity index (χ1n) is 17.3. The molecule has 0 unspecified atom stereocenters. The van der Waals surface area contributed by atoms with Gasteiger partial charge in [0, 0.05) is 59.5 Å². The van der Waals surface area contributed by atoms with Crippen molar-refractivity contribution in [2.45, 2.75) is 0 Å². The molecule has 3 heteroatoms. The molecular formula is C48H31NOS. The standard InChI is InChI=1S/C48H31NOS/c1-4-14-32(15-5-1)35-28-42(33-16-6-2-7-17-33)48(43(29-35)34-18-8-3-9-19-34)49(36-24-26-39-38-20-10-12-22-44(38)50-45(39)30-36)37-25-27-41-40-21-11-13-23-46(40)51-47(41)31-37/h1-31H. The van der Waals surface area contributed by atoms with Crippen LogP contribution in [0.15, 0.2) is 192 Å². The number of nitrogens with zero attached hydrogens (tertiary/aromatic N) is 1. The monoisotopic (exact) mass is 669 g/mol. The Balaban J connectivity index is 1.32. The highest BCUT2D eigenvalue weighted by Crippen LogP contribution is 2.50. The molecule has 0 radical (unpaired) electrons. The topological polar surface area (TPSA) is 16.4 Å². The van der Waals surface area contributed by atoms with Crippen LogP contribution in [0.2, 0.25) is 0 Å². The summed E-state index contributed by atoms with van der Waals surface area (Å²) in [7, 11) is 0. The van der Waals surface area contributed by atoms with Crippen molar-refractivity contribution in [1.82, 2.24) is 0 Å². The highest BCUT2D eigenvalue weighted by Gasteiger charge is 2.25. The molecule has 2 heterocycles. The van der Waals surface area contributed by atoms with E-state index in [1.807, 2.05) is 23.5 Å². The van der Waals surface area contributed by atoms with Crippen molar-refractivity contribution < 1.29 is 4.42 Å². The maximum absolute atomic E-state index is 6.51. The van der Waals surface area contributed by atoms with Crippen molar-refractivity contribution in [3.8, 4) is 33.4 Å². The van der Waals surface area contributed by atoms with Crippen LogP contribution in [0.3, 0.4) is 0 Å². The number of para-hydroxylation sites is 1. The van der Waals surface area contributed by atoms with Crippen LogP contribution in [-0.4, -0.2) is 0 Å². The molecule has 10 aromatic rings. The summed E-state index contributed by atoms with van der Waals surface area (Å²) >= 11 is 1.84. The summed E-state index contributed by atoms with van der Waals surface area (Å²) in [5.41, 5.74) is 12.0. The first-order chi connectivity index (χ1) is 25.3. The van der Waals surface area contributed by atoms with Gasteiger partial charge in [-0.1, -0.05) is 133 Å². The van der Waals surface area contributed by atoms with Gasteiger partial charge in [-0.05, 0) is 70.8 Å². The fourth-order valence-electron chi connectivity index (χ4n) is 7.46. The largest absolute Gasteiger partial charge is 0.456 e. The average Bonchev–Trinajstić information content (AvgIpc) is 3.76. The lowest BCUT2D eigenvalue weighted by Gasteiger charge is -2.31. The van der Waals surface area contributed by atoms with Crippen LogP contribution < -0.4 is 4.90 Å². The van der Waals surface area contributed by atoms with E-state index in [4.69, 9.17) is 4.42 Å². The zero-order chi connectivity index (χ0) is 33.7. The van der Waals surface area contributed by atoms with Crippen LogP contribution in [0, 0.1) is 0 Å². The van der Waals surface area contributed by atoms with Crippen molar-refractivity contribution in [2.24, 2.45) is 0 Å². The van der Waals surface area contributed by atoms with Crippen molar-refractivity contribution in [3.63, 3.8) is 0 Å². The fourth-order valence-corrected chi connectivity index (χ4v) is 8.60. The van der Waals surface area contributed by atoms with E-state index >= 15 is 0 Å². The van der Waals surface area contributed by atoms with Gasteiger partial charge in [-0.25, -0.2) is 0 Å². The van der Waals surface area contributed by atoms with E-state index in [0.717, 1.165) is 61.3 Å². The Bertz CT molecular complexity index is 2680. The number of thiophene rings is 1. The number of rotatable bonds is 6. The van der Waals surface area contributed by atoms with E-state index in [-0.39, 0.29) is 0 Å². The SMILES string of the molecule is c1ccc(-c2cc(-c3ccccc3)c(N(c3ccc4c(c3)oc3ccccc34)c3ccc4c(c3)sc3ccccc34)c(-c3ccccc3)c2)cc1. The lowest BCUT2D eigenvalue weighted by atomic mass is 9.89. The third kappa shape index (κ3) is 5.10. The van der Waals surface area contributed by atoms with Crippen LogP contribution in [0.1, 0.15) is 0 Å². The number of furan rings is 1. The molecule has 0 saturated heterocycles. The molecule has 2 nitrogen and oxygen atoms in total. The predicted octanol–water partition coefficient (Wildman–Crippen LogP) is 14.4. The van der Waals surface area contributed by atoms with Gasteiger partial charge in [0.2, 0.25) is 0 Å². The van der Waals surface area contributed by atoms with E-state index in [2.05, 4.69) is 181 Å².